The predicted octanol–water partition coefficient (Wildman–Crippen LogP) is 6.37. The number of nitrogens with one attached hydrogen (secondary N) is 1. The first kappa shape index (κ1) is 23.9. The van der Waals surface area contributed by atoms with E-state index in [0.717, 1.165) is 24.4 Å². The van der Waals surface area contributed by atoms with Crippen molar-refractivity contribution < 1.29 is 0 Å². The third-order valence-electron chi connectivity index (χ3n) is 3.06. The van der Waals surface area contributed by atoms with Gasteiger partial charge in [-0.3, -0.25) is 0 Å². The van der Waals surface area contributed by atoms with Crippen LogP contribution in [0.15, 0.2) is 36.1 Å². The second-order valence-electron chi connectivity index (χ2n) is 4.96. The molecule has 132 valence electrons. The molecular weight excluding hydrogens is 300 g/mol. The van der Waals surface area contributed by atoms with Gasteiger partial charge in [-0.15, -0.1) is 17.9 Å². The maximum atomic E-state index is 4.55. The van der Waals surface area contributed by atoms with Crippen molar-refractivity contribution in [2.24, 2.45) is 0 Å². The lowest BCUT2D eigenvalue weighted by Crippen LogP contribution is -2.12. The minimum absolute atomic E-state index is 0.818. The van der Waals surface area contributed by atoms with Gasteiger partial charge in [0.15, 0.2) is 0 Å². The molecule has 0 fully saturated rings. The van der Waals surface area contributed by atoms with Gasteiger partial charge in [0.1, 0.15) is 0 Å². The molecule has 3 heteroatoms. The molecule has 0 radical (unpaired) electrons. The molecule has 0 atom stereocenters. The van der Waals surface area contributed by atoms with E-state index in [1.54, 1.807) is 11.3 Å². The Labute approximate surface area is 148 Å². The first-order valence-corrected chi connectivity index (χ1v) is 9.33. The quantitative estimate of drug-likeness (QED) is 0.610. The minimum atomic E-state index is 0.818. The van der Waals surface area contributed by atoms with Crippen molar-refractivity contribution in [1.82, 2.24) is 10.3 Å². The number of allylic oxidation sites excluding steroid dienone is 4. The van der Waals surface area contributed by atoms with Crippen LogP contribution in [-0.2, 0) is 6.42 Å². The Morgan fingerprint density at radius 1 is 1.26 bits per heavy atom. The minimum Gasteiger partial charge on any atom is -0.385 e. The summed E-state index contributed by atoms with van der Waals surface area (Å²) in [5.41, 5.74) is 3.78. The summed E-state index contributed by atoms with van der Waals surface area (Å²) in [5, 5.41) is 4.47. The SMILES string of the molecule is C/C=C\CC.C=CCN/C(C)=C(\C)Cc1nc(C)sc1C.CC. The van der Waals surface area contributed by atoms with Crippen LogP contribution in [0.25, 0.3) is 0 Å². The second-order valence-corrected chi connectivity index (χ2v) is 6.37. The Kier molecular flexibility index (Phi) is 16.2. The van der Waals surface area contributed by atoms with Crippen molar-refractivity contribution in [1.29, 1.82) is 0 Å². The van der Waals surface area contributed by atoms with Crippen LogP contribution in [0.1, 0.15) is 63.5 Å². The molecule has 1 aromatic rings. The fraction of sp³-hybridized carbons (Fsp3) is 0.550. The summed E-state index contributed by atoms with van der Waals surface area (Å²) < 4.78 is 0. The molecule has 1 rings (SSSR count). The standard InChI is InChI=1S/C13H20N2S.C5H10.C2H6/c1-6-7-14-10(3)9(2)8-13-11(4)16-12(5)15-13;1-3-5-4-2;1-2/h6,14H,1,7-8H2,2-5H3;3,5H,4H2,1-2H3;1-2H3/b10-9+;5-3-;. The smallest absolute Gasteiger partial charge is 0.0900 e. The van der Waals surface area contributed by atoms with E-state index < -0.39 is 0 Å². The summed E-state index contributed by atoms with van der Waals surface area (Å²) in [6, 6.07) is 0. The zero-order chi connectivity index (χ0) is 18.3. The van der Waals surface area contributed by atoms with Gasteiger partial charge >= 0.3 is 0 Å². The molecule has 0 saturated carbocycles. The monoisotopic (exact) mass is 336 g/mol. The molecule has 0 aliphatic rings. The summed E-state index contributed by atoms with van der Waals surface area (Å²) in [6.45, 7) is 21.1. The van der Waals surface area contributed by atoms with E-state index in [4.69, 9.17) is 0 Å². The maximum absolute atomic E-state index is 4.55. The lowest BCUT2D eigenvalue weighted by molar-refractivity contribution is 0.863. The van der Waals surface area contributed by atoms with Crippen LogP contribution in [0.4, 0.5) is 0 Å². The fourth-order valence-corrected chi connectivity index (χ4v) is 2.57. The summed E-state index contributed by atoms with van der Waals surface area (Å²) >= 11 is 1.77. The van der Waals surface area contributed by atoms with Crippen LogP contribution in [0.5, 0.6) is 0 Å². The van der Waals surface area contributed by atoms with Crippen LogP contribution in [0.2, 0.25) is 0 Å². The van der Waals surface area contributed by atoms with Crippen LogP contribution in [0.3, 0.4) is 0 Å². The molecule has 2 nitrogen and oxygen atoms in total. The highest BCUT2D eigenvalue weighted by molar-refractivity contribution is 7.11. The zero-order valence-corrected chi connectivity index (χ0v) is 17.2. The van der Waals surface area contributed by atoms with Crippen molar-refractivity contribution in [2.75, 3.05) is 6.54 Å². The van der Waals surface area contributed by atoms with Gasteiger partial charge in [-0.25, -0.2) is 4.98 Å². The fourth-order valence-electron chi connectivity index (χ4n) is 1.73. The van der Waals surface area contributed by atoms with E-state index >= 15 is 0 Å². The van der Waals surface area contributed by atoms with Gasteiger partial charge in [-0.1, -0.05) is 39.0 Å². The zero-order valence-electron chi connectivity index (χ0n) is 16.4. The van der Waals surface area contributed by atoms with E-state index in [1.165, 1.54) is 21.8 Å². The van der Waals surface area contributed by atoms with Gasteiger partial charge in [0.05, 0.1) is 10.7 Å². The van der Waals surface area contributed by atoms with Gasteiger partial charge in [-0.2, -0.15) is 0 Å². The number of nitrogens with zero attached hydrogens (tertiary/aromatic N) is 1. The second kappa shape index (κ2) is 15.5. The lowest BCUT2D eigenvalue weighted by Gasteiger charge is -2.08. The van der Waals surface area contributed by atoms with Gasteiger partial charge in [0, 0.05) is 23.5 Å². The third kappa shape index (κ3) is 11.8. The van der Waals surface area contributed by atoms with E-state index in [9.17, 15) is 0 Å². The topological polar surface area (TPSA) is 24.9 Å². The molecule has 0 bridgehead atoms. The Balaban J connectivity index is 0. The highest BCUT2D eigenvalue weighted by atomic mass is 32.1. The van der Waals surface area contributed by atoms with Crippen molar-refractivity contribution in [3.8, 4) is 0 Å². The predicted molar refractivity (Wildman–Crippen MR) is 108 cm³/mol. The third-order valence-corrected chi connectivity index (χ3v) is 3.98. The first-order valence-electron chi connectivity index (χ1n) is 8.51. The molecule has 0 aromatic carbocycles. The van der Waals surface area contributed by atoms with Crippen LogP contribution < -0.4 is 5.32 Å². The Hall–Kier alpha value is -1.35. The van der Waals surface area contributed by atoms with Crippen molar-refractivity contribution in [2.45, 2.75) is 68.2 Å². The highest BCUT2D eigenvalue weighted by Crippen LogP contribution is 2.19. The van der Waals surface area contributed by atoms with E-state index in [0.29, 0.717) is 0 Å². The maximum Gasteiger partial charge on any atom is 0.0900 e. The molecule has 0 saturated heterocycles. The Morgan fingerprint density at radius 2 is 1.87 bits per heavy atom. The molecule has 23 heavy (non-hydrogen) atoms. The number of aryl methyl sites for hydroxylation is 2. The summed E-state index contributed by atoms with van der Waals surface area (Å²) in [4.78, 5) is 5.88. The summed E-state index contributed by atoms with van der Waals surface area (Å²) in [6.07, 6.45) is 8.15. The van der Waals surface area contributed by atoms with Crippen LogP contribution >= 0.6 is 11.3 Å². The largest absolute Gasteiger partial charge is 0.385 e. The Morgan fingerprint density at radius 3 is 2.22 bits per heavy atom. The number of thiazole rings is 1. The van der Waals surface area contributed by atoms with Gasteiger partial charge in [-0.05, 0) is 46.6 Å². The molecule has 1 N–H and O–H groups in total. The summed E-state index contributed by atoms with van der Waals surface area (Å²) in [7, 11) is 0. The van der Waals surface area contributed by atoms with E-state index in [1.807, 2.05) is 26.8 Å². The number of aromatic nitrogens is 1. The van der Waals surface area contributed by atoms with Gasteiger partial charge < -0.3 is 5.32 Å². The van der Waals surface area contributed by atoms with Crippen molar-refractivity contribution in [3.05, 3.63) is 51.7 Å². The van der Waals surface area contributed by atoms with Crippen LogP contribution in [0, 0.1) is 13.8 Å². The van der Waals surface area contributed by atoms with E-state index in [2.05, 4.69) is 63.7 Å². The molecule has 0 amide bonds. The van der Waals surface area contributed by atoms with Crippen molar-refractivity contribution in [3.63, 3.8) is 0 Å². The van der Waals surface area contributed by atoms with Gasteiger partial charge in [0.25, 0.3) is 0 Å². The summed E-state index contributed by atoms with van der Waals surface area (Å²) in [5.74, 6) is 0. The number of hydrogen-bond acceptors (Lipinski definition) is 3. The van der Waals surface area contributed by atoms with Crippen LogP contribution in [-0.4, -0.2) is 11.5 Å². The number of hydrogen-bond donors (Lipinski definition) is 1. The molecule has 1 heterocycles. The number of rotatable bonds is 6. The van der Waals surface area contributed by atoms with Crippen molar-refractivity contribution >= 4 is 11.3 Å². The first-order chi connectivity index (χ1) is 11.0. The molecule has 0 spiro atoms. The molecular formula is C20H36N2S. The van der Waals surface area contributed by atoms with Gasteiger partial charge in [0.2, 0.25) is 0 Å². The Bertz CT molecular complexity index is 482. The molecule has 0 aliphatic heterocycles. The molecule has 0 unspecified atom stereocenters. The molecule has 0 aliphatic carbocycles. The average Bonchev–Trinajstić information content (AvgIpc) is 2.85. The highest BCUT2D eigenvalue weighted by Gasteiger charge is 2.06. The molecule has 1 aromatic heterocycles. The normalized spacial score (nSPS) is 11.0. The average molecular weight is 337 g/mol. The van der Waals surface area contributed by atoms with E-state index in [-0.39, 0.29) is 0 Å². The lowest BCUT2D eigenvalue weighted by atomic mass is 10.1.